The Balaban J connectivity index is 2.84. The normalized spacial score (nSPS) is 13.2. The van der Waals surface area contributed by atoms with Crippen LogP contribution in [-0.2, 0) is 0 Å². The monoisotopic (exact) mass is 268 g/mol. The fourth-order valence-corrected chi connectivity index (χ4v) is 1.95. The number of hydrogen-bond donors (Lipinski definition) is 0. The van der Waals surface area contributed by atoms with Crippen molar-refractivity contribution in [2.75, 3.05) is 5.33 Å². The third-order valence-electron chi connectivity index (χ3n) is 2.24. The summed E-state index contributed by atoms with van der Waals surface area (Å²) in [4.78, 5) is 0. The number of alkyl halides is 2. The van der Waals surface area contributed by atoms with Crippen molar-refractivity contribution < 1.29 is 0 Å². The first-order valence-corrected chi connectivity index (χ1v) is 7.03. The highest BCUT2D eigenvalue weighted by atomic mass is 79.9. The van der Waals surface area contributed by atoms with Crippen LogP contribution < -0.4 is 0 Å². The highest BCUT2D eigenvalue weighted by Crippen LogP contribution is 2.11. The molecule has 0 N–H and O–H groups in total. The van der Waals surface area contributed by atoms with Crippen LogP contribution in [0.15, 0.2) is 0 Å². The SMILES string of the molecule is C[C@@H](Cl)CCCCCCCCCBr. The van der Waals surface area contributed by atoms with Crippen LogP contribution >= 0.6 is 27.5 Å². The first-order chi connectivity index (χ1) is 6.27. The van der Waals surface area contributed by atoms with Crippen LogP contribution in [0.1, 0.15) is 58.3 Å². The van der Waals surface area contributed by atoms with Crippen molar-refractivity contribution in [1.82, 2.24) is 0 Å². The molecule has 13 heavy (non-hydrogen) atoms. The minimum Gasteiger partial charge on any atom is -0.123 e. The average Bonchev–Trinajstić information content (AvgIpc) is 2.09. The fraction of sp³-hybridized carbons (Fsp3) is 1.00. The van der Waals surface area contributed by atoms with Gasteiger partial charge in [-0.05, 0) is 19.8 Å². The van der Waals surface area contributed by atoms with Crippen LogP contribution in [0.5, 0.6) is 0 Å². The molecule has 0 fully saturated rings. The molecule has 0 spiro atoms. The van der Waals surface area contributed by atoms with E-state index in [1.54, 1.807) is 0 Å². The predicted octanol–water partition coefficient (Wildman–Crippen LogP) is 5.13. The molecule has 0 nitrogen and oxygen atoms in total. The summed E-state index contributed by atoms with van der Waals surface area (Å²) in [5, 5.41) is 1.53. The summed E-state index contributed by atoms with van der Waals surface area (Å²) >= 11 is 9.30. The second-order valence-electron chi connectivity index (χ2n) is 3.73. The second-order valence-corrected chi connectivity index (χ2v) is 5.27. The van der Waals surface area contributed by atoms with Crippen molar-refractivity contribution in [3.63, 3.8) is 0 Å². The molecule has 0 aromatic heterocycles. The van der Waals surface area contributed by atoms with Crippen molar-refractivity contribution in [3.8, 4) is 0 Å². The van der Waals surface area contributed by atoms with E-state index in [-0.39, 0.29) is 0 Å². The number of rotatable bonds is 9. The van der Waals surface area contributed by atoms with Gasteiger partial charge in [-0.2, -0.15) is 0 Å². The summed E-state index contributed by atoms with van der Waals surface area (Å²) in [5.41, 5.74) is 0. The lowest BCUT2D eigenvalue weighted by atomic mass is 10.1. The van der Waals surface area contributed by atoms with Gasteiger partial charge in [0.15, 0.2) is 0 Å². The Morgan fingerprint density at radius 2 is 1.38 bits per heavy atom. The lowest BCUT2D eigenvalue weighted by Crippen LogP contribution is -1.90. The Labute approximate surface area is 96.6 Å². The molecular formula is C11H22BrCl. The zero-order valence-electron chi connectivity index (χ0n) is 8.70. The maximum absolute atomic E-state index is 5.85. The molecule has 0 radical (unpaired) electrons. The molecule has 0 heterocycles. The van der Waals surface area contributed by atoms with Crippen molar-refractivity contribution in [3.05, 3.63) is 0 Å². The van der Waals surface area contributed by atoms with Crippen LogP contribution in [0, 0.1) is 0 Å². The molecule has 0 aliphatic rings. The number of hydrogen-bond acceptors (Lipinski definition) is 0. The molecule has 0 bridgehead atoms. The highest BCUT2D eigenvalue weighted by molar-refractivity contribution is 9.09. The summed E-state index contributed by atoms with van der Waals surface area (Å²) < 4.78 is 0. The van der Waals surface area contributed by atoms with E-state index in [4.69, 9.17) is 11.6 Å². The van der Waals surface area contributed by atoms with Crippen molar-refractivity contribution in [2.45, 2.75) is 63.7 Å². The first-order valence-electron chi connectivity index (χ1n) is 5.47. The van der Waals surface area contributed by atoms with Gasteiger partial charge >= 0.3 is 0 Å². The quantitative estimate of drug-likeness (QED) is 0.402. The topological polar surface area (TPSA) is 0 Å². The van der Waals surface area contributed by atoms with Gasteiger partial charge in [-0.1, -0.05) is 54.5 Å². The number of unbranched alkanes of at least 4 members (excludes halogenated alkanes) is 6. The van der Waals surface area contributed by atoms with Gasteiger partial charge < -0.3 is 0 Å². The van der Waals surface area contributed by atoms with Crippen LogP contribution in [0.25, 0.3) is 0 Å². The maximum Gasteiger partial charge on any atom is 0.0307 e. The van der Waals surface area contributed by atoms with Gasteiger partial charge in [0, 0.05) is 10.7 Å². The Morgan fingerprint density at radius 3 is 1.85 bits per heavy atom. The molecule has 0 rings (SSSR count). The summed E-state index contributed by atoms with van der Waals surface area (Å²) in [6.45, 7) is 2.08. The standard InChI is InChI=1S/C11H22BrCl/c1-11(13)9-7-5-3-2-4-6-8-10-12/h11H,2-10H2,1H3/t11-/m1/s1. The third kappa shape index (κ3) is 12.8. The zero-order valence-corrected chi connectivity index (χ0v) is 11.0. The van der Waals surface area contributed by atoms with E-state index in [0.29, 0.717) is 5.38 Å². The van der Waals surface area contributed by atoms with Crippen molar-refractivity contribution in [1.29, 1.82) is 0 Å². The lowest BCUT2D eigenvalue weighted by molar-refractivity contribution is 0.575. The fourth-order valence-electron chi connectivity index (χ4n) is 1.40. The lowest BCUT2D eigenvalue weighted by Gasteiger charge is -2.02. The van der Waals surface area contributed by atoms with E-state index in [1.807, 2.05) is 0 Å². The Hall–Kier alpha value is 0.770. The van der Waals surface area contributed by atoms with Gasteiger partial charge in [0.2, 0.25) is 0 Å². The van der Waals surface area contributed by atoms with Crippen LogP contribution in [-0.4, -0.2) is 10.7 Å². The van der Waals surface area contributed by atoms with E-state index >= 15 is 0 Å². The van der Waals surface area contributed by atoms with Gasteiger partial charge in [-0.25, -0.2) is 0 Å². The van der Waals surface area contributed by atoms with Gasteiger partial charge in [-0.3, -0.25) is 0 Å². The van der Waals surface area contributed by atoms with E-state index in [1.165, 1.54) is 51.4 Å². The van der Waals surface area contributed by atoms with Crippen molar-refractivity contribution in [2.24, 2.45) is 0 Å². The zero-order chi connectivity index (χ0) is 9.94. The first kappa shape index (κ1) is 13.8. The van der Waals surface area contributed by atoms with E-state index in [2.05, 4.69) is 22.9 Å². The Bertz CT molecular complexity index is 94.1. The largest absolute Gasteiger partial charge is 0.123 e. The molecule has 0 aromatic rings. The Morgan fingerprint density at radius 1 is 0.923 bits per heavy atom. The third-order valence-corrected chi connectivity index (χ3v) is 3.01. The van der Waals surface area contributed by atoms with Gasteiger partial charge in [-0.15, -0.1) is 11.6 Å². The summed E-state index contributed by atoms with van der Waals surface area (Å²) in [6.07, 6.45) is 10.8. The smallest absolute Gasteiger partial charge is 0.0307 e. The second kappa shape index (κ2) is 10.8. The van der Waals surface area contributed by atoms with Crippen LogP contribution in [0.2, 0.25) is 0 Å². The van der Waals surface area contributed by atoms with E-state index < -0.39 is 0 Å². The average molecular weight is 270 g/mol. The van der Waals surface area contributed by atoms with Gasteiger partial charge in [0.05, 0.1) is 0 Å². The Kier molecular flexibility index (Phi) is 11.5. The summed E-state index contributed by atoms with van der Waals surface area (Å²) in [7, 11) is 0. The van der Waals surface area contributed by atoms with E-state index in [9.17, 15) is 0 Å². The summed E-state index contributed by atoms with van der Waals surface area (Å²) in [5.74, 6) is 0. The predicted molar refractivity (Wildman–Crippen MR) is 66.0 cm³/mol. The molecule has 0 saturated carbocycles. The molecule has 0 saturated heterocycles. The minimum absolute atomic E-state index is 0.369. The van der Waals surface area contributed by atoms with E-state index in [0.717, 1.165) is 5.33 Å². The molecule has 0 amide bonds. The van der Waals surface area contributed by atoms with Gasteiger partial charge in [0.25, 0.3) is 0 Å². The highest BCUT2D eigenvalue weighted by Gasteiger charge is 1.95. The molecule has 0 aromatic carbocycles. The molecule has 0 aliphatic heterocycles. The molecule has 0 unspecified atom stereocenters. The molecule has 80 valence electrons. The molecule has 2 heteroatoms. The molecular weight excluding hydrogens is 247 g/mol. The summed E-state index contributed by atoms with van der Waals surface area (Å²) in [6, 6.07) is 0. The molecule has 0 aliphatic carbocycles. The van der Waals surface area contributed by atoms with Crippen LogP contribution in [0.3, 0.4) is 0 Å². The number of halogens is 2. The van der Waals surface area contributed by atoms with Crippen molar-refractivity contribution >= 4 is 27.5 Å². The van der Waals surface area contributed by atoms with Crippen LogP contribution in [0.4, 0.5) is 0 Å². The molecule has 1 atom stereocenters. The van der Waals surface area contributed by atoms with Gasteiger partial charge in [0.1, 0.15) is 0 Å². The maximum atomic E-state index is 5.85. The minimum atomic E-state index is 0.369.